The molecule has 2 saturated heterocycles. The van der Waals surface area contributed by atoms with Crippen molar-refractivity contribution < 1.29 is 19.0 Å². The summed E-state index contributed by atoms with van der Waals surface area (Å²) in [6.45, 7) is 2.98. The Morgan fingerprint density at radius 1 is 1.35 bits per heavy atom. The number of nitrogens with two attached hydrogens (primary N) is 1. The topological polar surface area (TPSA) is 108 Å². The third-order valence-electron chi connectivity index (χ3n) is 5.18. The van der Waals surface area contributed by atoms with E-state index in [1.54, 1.807) is 0 Å². The SMILES string of the molecule is NC1CC(c2nc3c(N4CCOCC4)cc(F)cc3[nH]2)CCN1C(=O)O. The van der Waals surface area contributed by atoms with Crippen molar-refractivity contribution in [3.05, 3.63) is 23.8 Å². The molecule has 8 nitrogen and oxygen atoms in total. The first kappa shape index (κ1) is 17.0. The molecule has 9 heteroatoms. The number of aromatic amines is 1. The number of nitrogens with zero attached hydrogens (tertiary/aromatic N) is 3. The van der Waals surface area contributed by atoms with Gasteiger partial charge in [0.25, 0.3) is 0 Å². The number of fused-ring (bicyclic) bond motifs is 1. The van der Waals surface area contributed by atoms with Gasteiger partial charge in [0, 0.05) is 25.6 Å². The van der Waals surface area contributed by atoms with Gasteiger partial charge in [0.05, 0.1) is 30.6 Å². The number of hydrogen-bond acceptors (Lipinski definition) is 5. The molecular weight excluding hydrogens is 341 g/mol. The number of nitrogens with one attached hydrogen (secondary N) is 1. The molecule has 2 atom stereocenters. The minimum atomic E-state index is -1.00. The van der Waals surface area contributed by atoms with E-state index < -0.39 is 12.3 Å². The van der Waals surface area contributed by atoms with E-state index in [1.807, 2.05) is 0 Å². The number of likely N-dealkylation sites (tertiary alicyclic amines) is 1. The number of hydrogen-bond donors (Lipinski definition) is 3. The van der Waals surface area contributed by atoms with Crippen molar-refractivity contribution in [1.29, 1.82) is 0 Å². The third kappa shape index (κ3) is 3.08. The molecule has 4 rings (SSSR count). The van der Waals surface area contributed by atoms with Crippen LogP contribution in [0.2, 0.25) is 0 Å². The van der Waals surface area contributed by atoms with Crippen LogP contribution in [0.3, 0.4) is 0 Å². The van der Waals surface area contributed by atoms with Gasteiger partial charge < -0.3 is 25.5 Å². The predicted octanol–water partition coefficient (Wildman–Crippen LogP) is 1.68. The highest BCUT2D eigenvalue weighted by Gasteiger charge is 2.31. The Morgan fingerprint density at radius 3 is 2.81 bits per heavy atom. The molecule has 1 amide bonds. The van der Waals surface area contributed by atoms with Crippen molar-refractivity contribution in [2.75, 3.05) is 37.7 Å². The average Bonchev–Trinajstić information content (AvgIpc) is 3.05. The Balaban J connectivity index is 1.64. The standard InChI is InChI=1S/C17H22FN5O3/c18-11-8-12-15(13(9-11)22-3-5-26-6-4-22)21-16(20-12)10-1-2-23(17(24)25)14(19)7-10/h8-10,14H,1-7,19H2,(H,20,21)(H,24,25). The highest BCUT2D eigenvalue weighted by molar-refractivity contribution is 5.89. The molecule has 2 unspecified atom stereocenters. The number of aromatic nitrogens is 2. The lowest BCUT2D eigenvalue weighted by Gasteiger charge is -2.34. The summed E-state index contributed by atoms with van der Waals surface area (Å²) < 4.78 is 19.5. The zero-order valence-corrected chi connectivity index (χ0v) is 14.3. The summed E-state index contributed by atoms with van der Waals surface area (Å²) >= 11 is 0. The van der Waals surface area contributed by atoms with Crippen LogP contribution in [-0.4, -0.2) is 65.1 Å². The molecule has 0 aliphatic carbocycles. The molecule has 0 spiro atoms. The predicted molar refractivity (Wildman–Crippen MR) is 93.8 cm³/mol. The molecule has 2 aromatic rings. The number of carboxylic acid groups (broad SMARTS) is 1. The second-order valence-corrected chi connectivity index (χ2v) is 6.81. The zero-order valence-electron chi connectivity index (χ0n) is 14.3. The van der Waals surface area contributed by atoms with Crippen LogP contribution in [0.25, 0.3) is 11.0 Å². The molecule has 0 saturated carbocycles. The molecule has 2 aliphatic rings. The first-order chi connectivity index (χ1) is 12.5. The highest BCUT2D eigenvalue weighted by atomic mass is 19.1. The summed E-state index contributed by atoms with van der Waals surface area (Å²) in [5.41, 5.74) is 8.14. The maximum Gasteiger partial charge on any atom is 0.408 e. The molecule has 26 heavy (non-hydrogen) atoms. The molecule has 0 bridgehead atoms. The summed E-state index contributed by atoms with van der Waals surface area (Å²) in [6, 6.07) is 2.96. The van der Waals surface area contributed by atoms with Crippen molar-refractivity contribution >= 4 is 22.8 Å². The Morgan fingerprint density at radius 2 is 2.12 bits per heavy atom. The van der Waals surface area contributed by atoms with Crippen LogP contribution in [0, 0.1) is 5.82 Å². The van der Waals surface area contributed by atoms with E-state index in [9.17, 15) is 9.18 Å². The Hall–Kier alpha value is -2.39. The van der Waals surface area contributed by atoms with Gasteiger partial charge in [-0.1, -0.05) is 0 Å². The van der Waals surface area contributed by atoms with Gasteiger partial charge in [-0.05, 0) is 25.0 Å². The van der Waals surface area contributed by atoms with Crippen molar-refractivity contribution in [3.63, 3.8) is 0 Å². The lowest BCUT2D eigenvalue weighted by atomic mass is 9.94. The van der Waals surface area contributed by atoms with E-state index in [2.05, 4.69) is 9.88 Å². The number of rotatable bonds is 2. The number of piperidine rings is 1. The van der Waals surface area contributed by atoms with Crippen LogP contribution in [-0.2, 0) is 4.74 Å². The number of carbonyl (C=O) groups is 1. The van der Waals surface area contributed by atoms with E-state index in [0.717, 1.165) is 17.0 Å². The molecule has 1 aromatic carbocycles. The molecule has 2 fully saturated rings. The summed E-state index contributed by atoms with van der Waals surface area (Å²) in [5, 5.41) is 9.16. The number of morpholine rings is 1. The quantitative estimate of drug-likeness (QED) is 0.749. The Bertz CT molecular complexity index is 820. The van der Waals surface area contributed by atoms with Gasteiger partial charge in [0.1, 0.15) is 17.2 Å². The zero-order chi connectivity index (χ0) is 18.3. The number of anilines is 1. The maximum atomic E-state index is 14.1. The fraction of sp³-hybridized carbons (Fsp3) is 0.529. The van der Waals surface area contributed by atoms with Crippen LogP contribution >= 0.6 is 0 Å². The number of H-pyrrole nitrogens is 1. The molecular formula is C17H22FN5O3. The average molecular weight is 363 g/mol. The lowest BCUT2D eigenvalue weighted by molar-refractivity contribution is 0.102. The second kappa shape index (κ2) is 6.73. The molecule has 1 aromatic heterocycles. The Kier molecular flexibility index (Phi) is 4.41. The van der Waals surface area contributed by atoms with E-state index in [4.69, 9.17) is 20.6 Å². The van der Waals surface area contributed by atoms with Gasteiger partial charge in [0.15, 0.2) is 0 Å². The van der Waals surface area contributed by atoms with Crippen LogP contribution in [0.4, 0.5) is 14.9 Å². The first-order valence-electron chi connectivity index (χ1n) is 8.80. The maximum absolute atomic E-state index is 14.1. The minimum Gasteiger partial charge on any atom is -0.465 e. The Labute approximate surface area is 149 Å². The molecule has 2 aliphatic heterocycles. The number of amides is 1. The van der Waals surface area contributed by atoms with Crippen molar-refractivity contribution in [3.8, 4) is 0 Å². The fourth-order valence-corrected chi connectivity index (χ4v) is 3.81. The molecule has 4 N–H and O–H groups in total. The number of halogens is 1. The second-order valence-electron chi connectivity index (χ2n) is 6.81. The summed E-state index contributed by atoms with van der Waals surface area (Å²) in [7, 11) is 0. The van der Waals surface area contributed by atoms with Crippen molar-refractivity contribution in [2.24, 2.45) is 5.73 Å². The van der Waals surface area contributed by atoms with Crippen LogP contribution in [0.15, 0.2) is 12.1 Å². The largest absolute Gasteiger partial charge is 0.465 e. The van der Waals surface area contributed by atoms with Crippen molar-refractivity contribution in [1.82, 2.24) is 14.9 Å². The van der Waals surface area contributed by atoms with Gasteiger partial charge in [-0.2, -0.15) is 0 Å². The minimum absolute atomic E-state index is 0.0219. The smallest absolute Gasteiger partial charge is 0.408 e. The van der Waals surface area contributed by atoms with E-state index >= 15 is 0 Å². The fourth-order valence-electron chi connectivity index (χ4n) is 3.81. The summed E-state index contributed by atoms with van der Waals surface area (Å²) in [4.78, 5) is 22.5. The van der Waals surface area contributed by atoms with E-state index in [-0.39, 0.29) is 11.7 Å². The number of benzene rings is 1. The molecule has 0 radical (unpaired) electrons. The lowest BCUT2D eigenvalue weighted by Crippen LogP contribution is -2.50. The van der Waals surface area contributed by atoms with Crippen LogP contribution in [0.5, 0.6) is 0 Å². The van der Waals surface area contributed by atoms with Gasteiger partial charge in [-0.3, -0.25) is 4.90 Å². The third-order valence-corrected chi connectivity index (χ3v) is 5.18. The monoisotopic (exact) mass is 363 g/mol. The molecule has 3 heterocycles. The van der Waals surface area contributed by atoms with Gasteiger partial charge >= 0.3 is 6.09 Å². The number of ether oxygens (including phenoxy) is 1. The van der Waals surface area contributed by atoms with Gasteiger partial charge in [-0.25, -0.2) is 14.2 Å². The van der Waals surface area contributed by atoms with Gasteiger partial charge in [-0.15, -0.1) is 0 Å². The highest BCUT2D eigenvalue weighted by Crippen LogP contribution is 2.33. The first-order valence-corrected chi connectivity index (χ1v) is 8.80. The van der Waals surface area contributed by atoms with Gasteiger partial charge in [0.2, 0.25) is 0 Å². The van der Waals surface area contributed by atoms with Crippen LogP contribution < -0.4 is 10.6 Å². The summed E-state index contributed by atoms with van der Waals surface area (Å²) in [6.07, 6.45) is -0.441. The summed E-state index contributed by atoms with van der Waals surface area (Å²) in [5.74, 6) is 0.445. The normalized spacial score (nSPS) is 24.2. The van der Waals surface area contributed by atoms with Crippen molar-refractivity contribution in [2.45, 2.75) is 24.9 Å². The van der Waals surface area contributed by atoms with E-state index in [0.29, 0.717) is 51.2 Å². The van der Waals surface area contributed by atoms with Crippen LogP contribution in [0.1, 0.15) is 24.6 Å². The number of imidazole rings is 1. The molecule has 140 valence electrons. The van der Waals surface area contributed by atoms with E-state index in [1.165, 1.54) is 17.0 Å².